The van der Waals surface area contributed by atoms with E-state index in [1.54, 1.807) is 11.9 Å². The van der Waals surface area contributed by atoms with Crippen molar-refractivity contribution in [2.75, 3.05) is 7.05 Å². The third kappa shape index (κ3) is 2.81. The summed E-state index contributed by atoms with van der Waals surface area (Å²) in [5, 5.41) is 0. The minimum absolute atomic E-state index is 0.0278. The molecule has 0 rings (SSSR count). The van der Waals surface area contributed by atoms with E-state index in [4.69, 9.17) is 5.73 Å². The van der Waals surface area contributed by atoms with Crippen molar-refractivity contribution in [3.8, 4) is 0 Å². The Hall–Kier alpha value is -0.570. The molecule has 1 atom stereocenters. The second kappa shape index (κ2) is 4.45. The smallest absolute Gasteiger partial charge is 0.239 e. The Labute approximate surface area is 74.9 Å². The van der Waals surface area contributed by atoms with E-state index < -0.39 is 0 Å². The number of hydrogen-bond acceptors (Lipinski definition) is 2. The number of amides is 1. The maximum Gasteiger partial charge on any atom is 0.239 e. The van der Waals surface area contributed by atoms with E-state index >= 15 is 0 Å². The summed E-state index contributed by atoms with van der Waals surface area (Å²) >= 11 is 0. The Balaban J connectivity index is 4.19. The van der Waals surface area contributed by atoms with Crippen LogP contribution < -0.4 is 5.73 Å². The number of nitrogens with zero attached hydrogens (tertiary/aromatic N) is 1. The maximum atomic E-state index is 11.5. The van der Waals surface area contributed by atoms with Crippen LogP contribution in [0.3, 0.4) is 0 Å². The molecule has 0 heterocycles. The van der Waals surface area contributed by atoms with Crippen LogP contribution in [0.15, 0.2) is 0 Å². The van der Waals surface area contributed by atoms with E-state index in [9.17, 15) is 4.79 Å². The molecule has 0 aromatic carbocycles. The normalized spacial score (nSPS) is 13.7. The molecule has 0 spiro atoms. The predicted molar refractivity (Wildman–Crippen MR) is 50.7 cm³/mol. The van der Waals surface area contributed by atoms with Gasteiger partial charge in [0.15, 0.2) is 0 Å². The second-order valence-corrected chi connectivity index (χ2v) is 3.81. The quantitative estimate of drug-likeness (QED) is 0.685. The van der Waals surface area contributed by atoms with Crippen LogP contribution >= 0.6 is 0 Å². The molecule has 2 N–H and O–H groups in total. The van der Waals surface area contributed by atoms with Crippen molar-refractivity contribution in [1.82, 2.24) is 4.90 Å². The second-order valence-electron chi connectivity index (χ2n) is 3.81. The zero-order chi connectivity index (χ0) is 9.89. The van der Waals surface area contributed by atoms with Crippen molar-refractivity contribution >= 4 is 5.91 Å². The van der Waals surface area contributed by atoms with Gasteiger partial charge in [0, 0.05) is 13.1 Å². The lowest BCUT2D eigenvalue weighted by atomic mass is 10.0. The van der Waals surface area contributed by atoms with E-state index in [0.717, 1.165) is 0 Å². The molecule has 3 nitrogen and oxygen atoms in total. The standard InChI is InChI=1S/C9H20N2O/c1-6(2)8(10)9(12)11(5)7(3)4/h6-8H,10H2,1-5H3/t8-/m0/s1. The van der Waals surface area contributed by atoms with Gasteiger partial charge in [0.25, 0.3) is 0 Å². The zero-order valence-electron chi connectivity index (χ0n) is 8.66. The molecule has 0 radical (unpaired) electrons. The van der Waals surface area contributed by atoms with Crippen LogP contribution in [-0.2, 0) is 4.79 Å². The Morgan fingerprint density at radius 2 is 1.67 bits per heavy atom. The number of carbonyl (C=O) groups is 1. The van der Waals surface area contributed by atoms with Crippen LogP contribution in [0, 0.1) is 5.92 Å². The number of rotatable bonds is 3. The van der Waals surface area contributed by atoms with Gasteiger partial charge >= 0.3 is 0 Å². The molecule has 72 valence electrons. The van der Waals surface area contributed by atoms with Crippen LogP contribution in [0.2, 0.25) is 0 Å². The Morgan fingerprint density at radius 3 is 1.92 bits per heavy atom. The third-order valence-electron chi connectivity index (χ3n) is 2.13. The van der Waals surface area contributed by atoms with Gasteiger partial charge in [-0.3, -0.25) is 4.79 Å². The number of hydrogen-bond donors (Lipinski definition) is 1. The SMILES string of the molecule is CC(C)[C@H](N)C(=O)N(C)C(C)C. The van der Waals surface area contributed by atoms with E-state index in [-0.39, 0.29) is 23.9 Å². The molecule has 0 aromatic heterocycles. The summed E-state index contributed by atoms with van der Waals surface area (Å²) in [6.07, 6.45) is 0. The average Bonchev–Trinajstić information content (AvgIpc) is 2.00. The fourth-order valence-electron chi connectivity index (χ4n) is 0.775. The van der Waals surface area contributed by atoms with Gasteiger partial charge in [-0.1, -0.05) is 13.8 Å². The lowest BCUT2D eigenvalue weighted by molar-refractivity contribution is -0.133. The van der Waals surface area contributed by atoms with Gasteiger partial charge in [0.1, 0.15) is 0 Å². The highest BCUT2D eigenvalue weighted by molar-refractivity contribution is 5.81. The fourth-order valence-corrected chi connectivity index (χ4v) is 0.775. The van der Waals surface area contributed by atoms with Gasteiger partial charge in [0.05, 0.1) is 6.04 Å². The molecule has 0 aliphatic heterocycles. The Morgan fingerprint density at radius 1 is 1.25 bits per heavy atom. The van der Waals surface area contributed by atoms with Gasteiger partial charge in [0.2, 0.25) is 5.91 Å². The van der Waals surface area contributed by atoms with Crippen molar-refractivity contribution < 1.29 is 4.79 Å². The van der Waals surface area contributed by atoms with Gasteiger partial charge < -0.3 is 10.6 Å². The molecule has 0 aliphatic rings. The maximum absolute atomic E-state index is 11.5. The molecule has 0 saturated heterocycles. The van der Waals surface area contributed by atoms with Gasteiger partial charge in [-0.25, -0.2) is 0 Å². The highest BCUT2D eigenvalue weighted by Gasteiger charge is 2.22. The molecule has 3 heteroatoms. The topological polar surface area (TPSA) is 46.3 Å². The first kappa shape index (κ1) is 11.4. The van der Waals surface area contributed by atoms with E-state index in [2.05, 4.69) is 0 Å². The van der Waals surface area contributed by atoms with Crippen LogP contribution in [0.1, 0.15) is 27.7 Å². The van der Waals surface area contributed by atoms with Crippen molar-refractivity contribution in [3.63, 3.8) is 0 Å². The van der Waals surface area contributed by atoms with Crippen LogP contribution in [0.25, 0.3) is 0 Å². The summed E-state index contributed by atoms with van der Waals surface area (Å²) in [7, 11) is 1.79. The van der Waals surface area contributed by atoms with Gasteiger partial charge in [-0.2, -0.15) is 0 Å². The summed E-state index contributed by atoms with van der Waals surface area (Å²) < 4.78 is 0. The van der Waals surface area contributed by atoms with E-state index in [1.165, 1.54) is 0 Å². The summed E-state index contributed by atoms with van der Waals surface area (Å²) in [6, 6.07) is -0.139. The third-order valence-corrected chi connectivity index (χ3v) is 2.13. The molecular weight excluding hydrogens is 152 g/mol. The van der Waals surface area contributed by atoms with Crippen molar-refractivity contribution in [1.29, 1.82) is 0 Å². The molecule has 12 heavy (non-hydrogen) atoms. The van der Waals surface area contributed by atoms with Crippen LogP contribution in [0.5, 0.6) is 0 Å². The minimum atomic E-state index is -0.364. The molecule has 0 fully saturated rings. The Kier molecular flexibility index (Phi) is 4.24. The molecule has 1 amide bonds. The van der Waals surface area contributed by atoms with Crippen LogP contribution in [0.4, 0.5) is 0 Å². The van der Waals surface area contributed by atoms with Gasteiger partial charge in [-0.05, 0) is 19.8 Å². The van der Waals surface area contributed by atoms with Crippen molar-refractivity contribution in [3.05, 3.63) is 0 Å². The first-order valence-corrected chi connectivity index (χ1v) is 4.40. The van der Waals surface area contributed by atoms with Gasteiger partial charge in [-0.15, -0.1) is 0 Å². The molecule has 0 aromatic rings. The summed E-state index contributed by atoms with van der Waals surface area (Å²) in [4.78, 5) is 13.2. The first-order chi connectivity index (χ1) is 5.37. The lowest BCUT2D eigenvalue weighted by Gasteiger charge is -2.26. The van der Waals surface area contributed by atoms with E-state index in [1.807, 2.05) is 27.7 Å². The molecule has 0 unspecified atom stereocenters. The highest BCUT2D eigenvalue weighted by atomic mass is 16.2. The summed E-state index contributed by atoms with van der Waals surface area (Å²) in [5.41, 5.74) is 5.71. The lowest BCUT2D eigenvalue weighted by Crippen LogP contribution is -2.47. The highest BCUT2D eigenvalue weighted by Crippen LogP contribution is 2.04. The average molecular weight is 172 g/mol. The fraction of sp³-hybridized carbons (Fsp3) is 0.889. The monoisotopic (exact) mass is 172 g/mol. The van der Waals surface area contributed by atoms with E-state index in [0.29, 0.717) is 0 Å². The number of carbonyl (C=O) groups excluding carboxylic acids is 1. The number of nitrogens with two attached hydrogens (primary N) is 1. The predicted octanol–water partition coefficient (Wildman–Crippen LogP) is 0.836. The minimum Gasteiger partial charge on any atom is -0.342 e. The summed E-state index contributed by atoms with van der Waals surface area (Å²) in [5.74, 6) is 0.235. The number of likely N-dealkylation sites (N-methyl/N-ethyl adjacent to an activating group) is 1. The molecule has 0 bridgehead atoms. The first-order valence-electron chi connectivity index (χ1n) is 4.40. The summed E-state index contributed by atoms with van der Waals surface area (Å²) in [6.45, 7) is 7.86. The van der Waals surface area contributed by atoms with Crippen LogP contribution in [-0.4, -0.2) is 29.9 Å². The Bertz CT molecular complexity index is 139. The van der Waals surface area contributed by atoms with Crippen molar-refractivity contribution in [2.24, 2.45) is 11.7 Å². The van der Waals surface area contributed by atoms with Crippen molar-refractivity contribution in [2.45, 2.75) is 39.8 Å². The zero-order valence-corrected chi connectivity index (χ0v) is 8.66. The molecule has 0 saturated carbocycles. The molecule has 0 aliphatic carbocycles. The molecular formula is C9H20N2O. The largest absolute Gasteiger partial charge is 0.342 e.